The summed E-state index contributed by atoms with van der Waals surface area (Å²) >= 11 is 0. The smallest absolute Gasteiger partial charge is 0.358 e. The van der Waals surface area contributed by atoms with E-state index in [0.29, 0.717) is 12.1 Å². The van der Waals surface area contributed by atoms with Crippen molar-refractivity contribution < 1.29 is 4.92 Å². The largest absolute Gasteiger partial charge is 0.390 e. The van der Waals surface area contributed by atoms with Gasteiger partial charge in [-0.15, -0.1) is 4.68 Å². The van der Waals surface area contributed by atoms with Crippen LogP contribution in [0.2, 0.25) is 0 Å². The second kappa shape index (κ2) is 4.73. The second-order valence-corrected chi connectivity index (χ2v) is 3.67. The lowest BCUT2D eigenvalue weighted by Crippen LogP contribution is -2.15. The van der Waals surface area contributed by atoms with Crippen LogP contribution in [-0.2, 0) is 0 Å². The minimum atomic E-state index is -0.497. The molecule has 17 heavy (non-hydrogen) atoms. The van der Waals surface area contributed by atoms with Gasteiger partial charge in [-0.3, -0.25) is 0 Å². The molecule has 2 heterocycles. The highest BCUT2D eigenvalue weighted by atomic mass is 16.6. The van der Waals surface area contributed by atoms with Gasteiger partial charge in [0, 0.05) is 12.6 Å². The first-order valence-corrected chi connectivity index (χ1v) is 5.28. The van der Waals surface area contributed by atoms with Gasteiger partial charge in [0.1, 0.15) is 0 Å². The van der Waals surface area contributed by atoms with Gasteiger partial charge < -0.3 is 10.1 Å². The Bertz CT molecular complexity index is 526. The summed E-state index contributed by atoms with van der Waals surface area (Å²) in [6, 6.07) is 1.45. The lowest BCUT2D eigenvalue weighted by molar-refractivity contribution is -0.389. The quantitative estimate of drug-likeness (QED) is 0.550. The Kier molecular flexibility index (Phi) is 3.13. The van der Waals surface area contributed by atoms with Crippen LogP contribution in [0.3, 0.4) is 0 Å². The Morgan fingerprint density at radius 1 is 1.47 bits per heavy atom. The summed E-state index contributed by atoms with van der Waals surface area (Å²) in [7, 11) is 0. The minimum Gasteiger partial charge on any atom is -0.358 e. The zero-order valence-corrected chi connectivity index (χ0v) is 9.41. The summed E-state index contributed by atoms with van der Waals surface area (Å²) in [4.78, 5) is 14.4. The Hall–Kier alpha value is -2.24. The molecule has 0 saturated carbocycles. The van der Waals surface area contributed by atoms with Gasteiger partial charge in [-0.25, -0.2) is 4.99 Å². The molecule has 1 aliphatic rings. The molecule has 88 valence electrons. The minimum absolute atomic E-state index is 0.146. The third-order valence-electron chi connectivity index (χ3n) is 2.40. The van der Waals surface area contributed by atoms with E-state index in [1.54, 1.807) is 13.1 Å². The van der Waals surface area contributed by atoms with E-state index >= 15 is 0 Å². The van der Waals surface area contributed by atoms with Crippen LogP contribution < -0.4 is 0 Å². The van der Waals surface area contributed by atoms with Crippen LogP contribution in [0.1, 0.15) is 18.5 Å². The van der Waals surface area contributed by atoms with Crippen LogP contribution in [0.4, 0.5) is 5.82 Å². The van der Waals surface area contributed by atoms with Gasteiger partial charge in [0.2, 0.25) is 0 Å². The molecule has 0 aliphatic carbocycles. The summed E-state index contributed by atoms with van der Waals surface area (Å²) < 4.78 is 1.53. The normalized spacial score (nSPS) is 19.0. The maximum absolute atomic E-state index is 10.6. The number of nitro groups is 1. The SMILES string of the molecule is Cc1cc([N+](=O)[O-])nn1C1=N/C=C\C=C/CC1. The first-order chi connectivity index (χ1) is 8.18. The molecule has 6 nitrogen and oxygen atoms in total. The van der Waals surface area contributed by atoms with Crippen molar-refractivity contribution in [2.75, 3.05) is 0 Å². The van der Waals surface area contributed by atoms with E-state index in [4.69, 9.17) is 0 Å². The molecule has 0 atom stereocenters. The molecule has 0 saturated heterocycles. The molecular formula is C11H12N4O2. The number of aromatic nitrogens is 2. The number of rotatable bonds is 1. The third kappa shape index (κ3) is 2.47. The molecule has 0 bridgehead atoms. The van der Waals surface area contributed by atoms with E-state index in [-0.39, 0.29) is 5.82 Å². The van der Waals surface area contributed by atoms with Gasteiger partial charge in [-0.2, -0.15) is 0 Å². The van der Waals surface area contributed by atoms with Crippen LogP contribution >= 0.6 is 0 Å². The number of nitrogens with zero attached hydrogens (tertiary/aromatic N) is 4. The summed E-state index contributed by atoms with van der Waals surface area (Å²) in [6.45, 7) is 1.78. The maximum atomic E-state index is 10.6. The highest BCUT2D eigenvalue weighted by molar-refractivity contribution is 5.85. The number of hydrogen-bond acceptors (Lipinski definition) is 4. The van der Waals surface area contributed by atoms with E-state index in [1.165, 1.54) is 10.7 Å². The summed E-state index contributed by atoms with van der Waals surface area (Å²) in [5.74, 6) is 0.572. The Morgan fingerprint density at radius 3 is 3.00 bits per heavy atom. The zero-order valence-electron chi connectivity index (χ0n) is 9.41. The highest BCUT2D eigenvalue weighted by Crippen LogP contribution is 2.13. The molecule has 1 aliphatic heterocycles. The van der Waals surface area contributed by atoms with E-state index in [1.807, 2.05) is 18.2 Å². The van der Waals surface area contributed by atoms with Crippen molar-refractivity contribution in [1.82, 2.24) is 9.78 Å². The molecule has 2 rings (SSSR count). The summed E-state index contributed by atoms with van der Waals surface area (Å²) in [6.07, 6.45) is 9.00. The van der Waals surface area contributed by atoms with Crippen molar-refractivity contribution in [3.8, 4) is 0 Å². The van der Waals surface area contributed by atoms with Crippen LogP contribution in [0.5, 0.6) is 0 Å². The van der Waals surface area contributed by atoms with Crippen LogP contribution in [0.25, 0.3) is 0 Å². The zero-order chi connectivity index (χ0) is 12.3. The van der Waals surface area contributed by atoms with E-state index in [9.17, 15) is 10.1 Å². The molecule has 1 aromatic rings. The summed E-state index contributed by atoms with van der Waals surface area (Å²) in [5.41, 5.74) is 0.716. The van der Waals surface area contributed by atoms with E-state index in [0.717, 1.165) is 12.3 Å². The first-order valence-electron chi connectivity index (χ1n) is 5.28. The number of aliphatic imine (C=N–C) groups is 1. The topological polar surface area (TPSA) is 73.3 Å². The molecule has 0 N–H and O–H groups in total. The molecule has 6 heteroatoms. The molecule has 0 aromatic carbocycles. The number of allylic oxidation sites excluding steroid dienone is 3. The van der Waals surface area contributed by atoms with Crippen molar-refractivity contribution in [3.63, 3.8) is 0 Å². The first kappa shape index (κ1) is 11.3. The fraction of sp³-hybridized carbons (Fsp3) is 0.273. The molecule has 0 radical (unpaired) electrons. The van der Waals surface area contributed by atoms with Gasteiger partial charge in [0.05, 0.1) is 16.9 Å². The molecule has 0 fully saturated rings. The third-order valence-corrected chi connectivity index (χ3v) is 2.40. The van der Waals surface area contributed by atoms with Crippen molar-refractivity contribution in [2.45, 2.75) is 19.8 Å². The average molecular weight is 232 g/mol. The standard InChI is InChI=1S/C11H12N4O2/c1-9-8-11(15(16)17)13-14(9)10-6-4-2-3-5-7-12-10/h2-3,5,7-8H,4,6H2,1H3/b3-2-,7-5-,12-10?. The van der Waals surface area contributed by atoms with Crippen molar-refractivity contribution in [3.05, 3.63) is 46.3 Å². The van der Waals surface area contributed by atoms with Gasteiger partial charge in [0.15, 0.2) is 5.84 Å². The predicted molar refractivity (Wildman–Crippen MR) is 64.0 cm³/mol. The van der Waals surface area contributed by atoms with Gasteiger partial charge in [-0.1, -0.05) is 12.2 Å². The number of aryl methyl sites for hydroxylation is 1. The van der Waals surface area contributed by atoms with Crippen LogP contribution in [-0.4, -0.2) is 20.5 Å². The molecule has 0 unspecified atom stereocenters. The monoisotopic (exact) mass is 232 g/mol. The van der Waals surface area contributed by atoms with Crippen LogP contribution in [0.15, 0.2) is 35.5 Å². The Balaban J connectivity index is 2.36. The van der Waals surface area contributed by atoms with Gasteiger partial charge in [0.25, 0.3) is 0 Å². The fourth-order valence-electron chi connectivity index (χ4n) is 1.60. The predicted octanol–water partition coefficient (Wildman–Crippen LogP) is 2.21. The Morgan fingerprint density at radius 2 is 2.29 bits per heavy atom. The van der Waals surface area contributed by atoms with E-state index < -0.39 is 4.92 Å². The molecular weight excluding hydrogens is 220 g/mol. The van der Waals surface area contributed by atoms with E-state index in [2.05, 4.69) is 10.1 Å². The molecule has 1 aromatic heterocycles. The second-order valence-electron chi connectivity index (χ2n) is 3.67. The fourth-order valence-corrected chi connectivity index (χ4v) is 1.60. The van der Waals surface area contributed by atoms with Crippen molar-refractivity contribution in [2.24, 2.45) is 4.99 Å². The molecule has 0 amide bonds. The Labute approximate surface area is 98.1 Å². The van der Waals surface area contributed by atoms with Crippen LogP contribution in [0, 0.1) is 17.0 Å². The summed E-state index contributed by atoms with van der Waals surface area (Å²) in [5, 5.41) is 14.6. The average Bonchev–Trinajstić information content (AvgIpc) is 2.60. The van der Waals surface area contributed by atoms with Crippen molar-refractivity contribution in [1.29, 1.82) is 0 Å². The van der Waals surface area contributed by atoms with Crippen molar-refractivity contribution >= 4 is 11.7 Å². The number of hydrogen-bond donors (Lipinski definition) is 0. The maximum Gasteiger partial charge on any atom is 0.390 e. The van der Waals surface area contributed by atoms with Gasteiger partial charge >= 0.3 is 5.82 Å². The van der Waals surface area contributed by atoms with Gasteiger partial charge in [-0.05, 0) is 24.3 Å². The lowest BCUT2D eigenvalue weighted by Gasteiger charge is -2.03. The molecule has 0 spiro atoms. The highest BCUT2D eigenvalue weighted by Gasteiger charge is 2.18. The lowest BCUT2D eigenvalue weighted by atomic mass is 10.2.